The average Bonchev–Trinajstić information content (AvgIpc) is 3.10. The van der Waals surface area contributed by atoms with Gasteiger partial charge in [-0.2, -0.15) is 5.10 Å². The third-order valence-corrected chi connectivity index (χ3v) is 2.26. The minimum atomic E-state index is 0.426. The lowest BCUT2D eigenvalue weighted by atomic mass is 10.4. The molecule has 0 saturated heterocycles. The Morgan fingerprint density at radius 2 is 2.28 bits per heavy atom. The lowest BCUT2D eigenvalue weighted by Crippen LogP contribution is -2.00. The molecule has 0 saturated carbocycles. The fourth-order valence-electron chi connectivity index (χ4n) is 1.46. The van der Waals surface area contributed by atoms with Gasteiger partial charge in [0.25, 0.3) is 0 Å². The molecule has 88 valence electrons. The first kappa shape index (κ1) is 10.3. The topological polar surface area (TPSA) is 82.0 Å². The molecule has 0 aliphatic heterocycles. The van der Waals surface area contributed by atoms with Crippen molar-refractivity contribution in [3.05, 3.63) is 37.1 Å². The minimum Gasteiger partial charge on any atom is -0.461 e. The van der Waals surface area contributed by atoms with E-state index < -0.39 is 0 Å². The van der Waals surface area contributed by atoms with Crippen molar-refractivity contribution in [1.29, 1.82) is 0 Å². The summed E-state index contributed by atoms with van der Waals surface area (Å²) < 4.78 is 6.78. The molecule has 7 heteroatoms. The molecule has 0 aromatic carbocycles. The van der Waals surface area contributed by atoms with Crippen LogP contribution in [0.3, 0.4) is 0 Å². The number of nitrogens with zero attached hydrogens (tertiary/aromatic N) is 6. The van der Waals surface area contributed by atoms with Crippen molar-refractivity contribution in [2.45, 2.75) is 0 Å². The highest BCUT2D eigenvalue weighted by atomic mass is 16.3. The molecule has 0 aliphatic rings. The van der Waals surface area contributed by atoms with Crippen molar-refractivity contribution in [2.75, 3.05) is 0 Å². The second-order valence-corrected chi connectivity index (χ2v) is 3.38. The first-order chi connectivity index (χ1) is 8.86. The van der Waals surface area contributed by atoms with Crippen molar-refractivity contribution in [1.82, 2.24) is 24.7 Å². The fraction of sp³-hybridized carbons (Fsp3) is 0. The van der Waals surface area contributed by atoms with E-state index in [-0.39, 0.29) is 0 Å². The van der Waals surface area contributed by atoms with Crippen LogP contribution in [0.15, 0.2) is 46.5 Å². The highest BCUT2D eigenvalue weighted by molar-refractivity contribution is 5.53. The summed E-state index contributed by atoms with van der Waals surface area (Å²) in [5.74, 6) is 1.98. The summed E-state index contributed by atoms with van der Waals surface area (Å²) in [4.78, 5) is 16.2. The Balaban J connectivity index is 2.16. The van der Waals surface area contributed by atoms with Crippen LogP contribution in [0.2, 0.25) is 0 Å². The number of aliphatic imine (C=N–C) groups is 1. The van der Waals surface area contributed by atoms with Gasteiger partial charge in [-0.3, -0.25) is 0 Å². The number of rotatable bonds is 3. The van der Waals surface area contributed by atoms with Crippen LogP contribution in [0.1, 0.15) is 0 Å². The van der Waals surface area contributed by atoms with E-state index in [1.807, 2.05) is 0 Å². The van der Waals surface area contributed by atoms with Crippen molar-refractivity contribution >= 4 is 12.5 Å². The van der Waals surface area contributed by atoms with Gasteiger partial charge in [-0.05, 0) is 18.9 Å². The molecular weight excluding hydrogens is 232 g/mol. The molecule has 0 atom stereocenters. The number of aromatic nitrogens is 5. The highest BCUT2D eigenvalue weighted by Crippen LogP contribution is 2.20. The largest absolute Gasteiger partial charge is 0.461 e. The maximum atomic E-state index is 5.26. The van der Waals surface area contributed by atoms with Gasteiger partial charge >= 0.3 is 0 Å². The Morgan fingerprint density at radius 3 is 2.94 bits per heavy atom. The molecule has 0 bridgehead atoms. The molecule has 0 fully saturated rings. The Morgan fingerprint density at radius 1 is 1.33 bits per heavy atom. The first-order valence-electron chi connectivity index (χ1n) is 5.11. The van der Waals surface area contributed by atoms with Crippen molar-refractivity contribution in [3.8, 4) is 17.4 Å². The molecule has 18 heavy (non-hydrogen) atoms. The van der Waals surface area contributed by atoms with E-state index in [9.17, 15) is 0 Å². The molecule has 0 radical (unpaired) electrons. The van der Waals surface area contributed by atoms with Crippen LogP contribution in [0.4, 0.5) is 5.82 Å². The molecule has 7 nitrogen and oxygen atoms in total. The third kappa shape index (κ3) is 1.77. The van der Waals surface area contributed by atoms with Gasteiger partial charge in [-0.15, -0.1) is 0 Å². The number of furan rings is 1. The Labute approximate surface area is 102 Å². The molecule has 0 amide bonds. The van der Waals surface area contributed by atoms with Crippen LogP contribution in [0.5, 0.6) is 0 Å². The fourth-order valence-corrected chi connectivity index (χ4v) is 1.46. The van der Waals surface area contributed by atoms with E-state index in [1.54, 1.807) is 30.8 Å². The summed E-state index contributed by atoms with van der Waals surface area (Å²) in [7, 11) is 0. The summed E-state index contributed by atoms with van der Waals surface area (Å²) in [6.07, 6.45) is 4.53. The second kappa shape index (κ2) is 4.21. The van der Waals surface area contributed by atoms with Gasteiger partial charge in [-0.1, -0.05) is 0 Å². The summed E-state index contributed by atoms with van der Waals surface area (Å²) in [5, 5.41) is 4.01. The quantitative estimate of drug-likeness (QED) is 0.650. The molecule has 0 spiro atoms. The lowest BCUT2D eigenvalue weighted by Gasteiger charge is -2.03. The van der Waals surface area contributed by atoms with E-state index in [4.69, 9.17) is 4.42 Å². The second-order valence-electron chi connectivity index (χ2n) is 3.38. The van der Waals surface area contributed by atoms with Crippen LogP contribution >= 0.6 is 0 Å². The van der Waals surface area contributed by atoms with E-state index in [1.165, 1.54) is 11.0 Å². The Kier molecular flexibility index (Phi) is 2.41. The Hall–Kier alpha value is -2.83. The van der Waals surface area contributed by atoms with Crippen LogP contribution in [-0.4, -0.2) is 31.4 Å². The SMILES string of the molecule is C=Nc1cc(-n2cncn2)nc(-c2ccco2)n1. The predicted molar refractivity (Wildman–Crippen MR) is 63.9 cm³/mol. The van der Waals surface area contributed by atoms with Gasteiger partial charge in [0.1, 0.15) is 12.7 Å². The normalized spacial score (nSPS) is 10.4. The minimum absolute atomic E-state index is 0.426. The molecule has 3 heterocycles. The zero-order valence-electron chi connectivity index (χ0n) is 9.26. The maximum Gasteiger partial charge on any atom is 0.199 e. The summed E-state index contributed by atoms with van der Waals surface area (Å²) in [6, 6.07) is 5.20. The smallest absolute Gasteiger partial charge is 0.199 e. The van der Waals surface area contributed by atoms with Crippen molar-refractivity contribution in [3.63, 3.8) is 0 Å². The molecule has 3 rings (SSSR count). The number of hydrogen-bond donors (Lipinski definition) is 0. The van der Waals surface area contributed by atoms with Gasteiger partial charge in [-0.25, -0.2) is 24.6 Å². The first-order valence-corrected chi connectivity index (χ1v) is 5.11. The van der Waals surface area contributed by atoms with Crippen LogP contribution in [-0.2, 0) is 0 Å². The molecule has 0 N–H and O–H groups in total. The zero-order valence-corrected chi connectivity index (χ0v) is 9.26. The van der Waals surface area contributed by atoms with Crippen LogP contribution < -0.4 is 0 Å². The van der Waals surface area contributed by atoms with Crippen LogP contribution in [0, 0.1) is 0 Å². The zero-order chi connectivity index (χ0) is 12.4. The predicted octanol–water partition coefficient (Wildman–Crippen LogP) is 1.65. The monoisotopic (exact) mass is 240 g/mol. The van der Waals surface area contributed by atoms with E-state index in [0.717, 1.165) is 0 Å². The lowest BCUT2D eigenvalue weighted by molar-refractivity contribution is 0.577. The van der Waals surface area contributed by atoms with Crippen molar-refractivity contribution < 1.29 is 4.42 Å². The maximum absolute atomic E-state index is 5.26. The standard InChI is InChI=1S/C11H8N6O/c1-12-9-5-10(17-7-13-6-14-17)16-11(15-9)8-3-2-4-18-8/h2-7H,1H2. The van der Waals surface area contributed by atoms with Gasteiger partial charge < -0.3 is 4.42 Å². The van der Waals surface area contributed by atoms with E-state index in [0.29, 0.717) is 23.2 Å². The molecule has 0 aliphatic carbocycles. The van der Waals surface area contributed by atoms with Crippen LogP contribution in [0.25, 0.3) is 17.4 Å². The Bertz CT molecular complexity index is 606. The average molecular weight is 240 g/mol. The third-order valence-electron chi connectivity index (χ3n) is 2.26. The highest BCUT2D eigenvalue weighted by Gasteiger charge is 2.09. The van der Waals surface area contributed by atoms with E-state index >= 15 is 0 Å². The van der Waals surface area contributed by atoms with Gasteiger partial charge in [0.2, 0.25) is 0 Å². The van der Waals surface area contributed by atoms with E-state index in [2.05, 4.69) is 31.8 Å². The summed E-state index contributed by atoms with van der Waals surface area (Å²) in [5.41, 5.74) is 0. The van der Waals surface area contributed by atoms with Gasteiger partial charge in [0, 0.05) is 6.07 Å². The van der Waals surface area contributed by atoms with Gasteiger partial charge in [0.05, 0.1) is 6.26 Å². The summed E-state index contributed by atoms with van der Waals surface area (Å²) in [6.45, 7) is 3.46. The molecule has 3 aromatic rings. The molecule has 3 aromatic heterocycles. The summed E-state index contributed by atoms with van der Waals surface area (Å²) >= 11 is 0. The van der Waals surface area contributed by atoms with Crippen molar-refractivity contribution in [2.24, 2.45) is 4.99 Å². The molecular formula is C11H8N6O. The molecule has 0 unspecified atom stereocenters. The van der Waals surface area contributed by atoms with Gasteiger partial charge in [0.15, 0.2) is 23.2 Å². The number of hydrogen-bond acceptors (Lipinski definition) is 6.